The van der Waals surface area contributed by atoms with Crippen LogP contribution in [0.3, 0.4) is 0 Å². The molecule has 22 heavy (non-hydrogen) atoms. The van der Waals surface area contributed by atoms with E-state index in [0.29, 0.717) is 17.6 Å². The highest BCUT2D eigenvalue weighted by Gasteiger charge is 2.15. The summed E-state index contributed by atoms with van der Waals surface area (Å²) in [4.78, 5) is 4.50. The van der Waals surface area contributed by atoms with Gasteiger partial charge in [-0.05, 0) is 31.6 Å². The summed E-state index contributed by atoms with van der Waals surface area (Å²) in [5.41, 5.74) is 0.719. The number of nitrogens with one attached hydrogen (secondary N) is 2. The molecule has 2 atom stereocenters. The largest absolute Gasteiger partial charge is 0.386 e. The minimum Gasteiger partial charge on any atom is -0.386 e. The molecule has 1 heterocycles. The zero-order chi connectivity index (χ0) is 15.8. The molecule has 1 aromatic rings. The molecule has 0 radical (unpaired) electrons. The van der Waals surface area contributed by atoms with E-state index in [-0.39, 0.29) is 0 Å². The van der Waals surface area contributed by atoms with Crippen molar-refractivity contribution in [1.82, 2.24) is 10.6 Å². The van der Waals surface area contributed by atoms with Crippen LogP contribution in [-0.2, 0) is 0 Å². The molecule has 3 N–H and O–H groups in total. The van der Waals surface area contributed by atoms with Gasteiger partial charge >= 0.3 is 0 Å². The topological polar surface area (TPSA) is 56.7 Å². The van der Waals surface area contributed by atoms with Crippen LogP contribution in [0, 0.1) is 0 Å². The number of hydrogen-bond acceptors (Lipinski definition) is 3. The lowest BCUT2D eigenvalue weighted by Gasteiger charge is -2.24. The maximum Gasteiger partial charge on any atom is 0.191 e. The van der Waals surface area contributed by atoms with Crippen molar-refractivity contribution in [3.63, 3.8) is 0 Å². The Labute approximate surface area is 141 Å². The van der Waals surface area contributed by atoms with Crippen molar-refractivity contribution in [2.24, 2.45) is 4.99 Å². The Hall–Kier alpha value is -0.910. The second kappa shape index (κ2) is 9.28. The van der Waals surface area contributed by atoms with Crippen molar-refractivity contribution in [2.75, 3.05) is 24.6 Å². The zero-order valence-electron chi connectivity index (χ0n) is 12.9. The third-order valence-electron chi connectivity index (χ3n) is 3.53. The highest BCUT2D eigenvalue weighted by molar-refractivity contribution is 7.99. The number of rotatable bonds is 5. The first kappa shape index (κ1) is 17.4. The van der Waals surface area contributed by atoms with E-state index in [1.165, 1.54) is 18.6 Å². The number of aliphatic hydroxyl groups is 1. The fourth-order valence-electron chi connectivity index (χ4n) is 2.39. The van der Waals surface area contributed by atoms with Crippen LogP contribution < -0.4 is 10.6 Å². The van der Waals surface area contributed by atoms with E-state index in [1.54, 1.807) is 6.07 Å². The number of thioether (sulfide) groups is 1. The fourth-order valence-corrected chi connectivity index (χ4v) is 3.72. The quantitative estimate of drug-likeness (QED) is 0.569. The minimum absolute atomic E-state index is 0.291. The van der Waals surface area contributed by atoms with Crippen LogP contribution in [0.2, 0.25) is 5.02 Å². The predicted molar refractivity (Wildman–Crippen MR) is 95.9 cm³/mol. The Morgan fingerprint density at radius 2 is 2.32 bits per heavy atom. The molecule has 0 spiro atoms. The van der Waals surface area contributed by atoms with Crippen LogP contribution in [0.15, 0.2) is 29.3 Å². The number of nitrogens with zero attached hydrogens (tertiary/aromatic N) is 1. The first-order valence-corrected chi connectivity index (χ1v) is 9.29. The molecule has 1 aliphatic rings. The zero-order valence-corrected chi connectivity index (χ0v) is 14.5. The van der Waals surface area contributed by atoms with Crippen LogP contribution in [0.25, 0.3) is 0 Å². The number of halogens is 1. The van der Waals surface area contributed by atoms with E-state index >= 15 is 0 Å². The second-order valence-electron chi connectivity index (χ2n) is 5.32. The number of benzene rings is 1. The van der Waals surface area contributed by atoms with Gasteiger partial charge in [0.25, 0.3) is 0 Å². The summed E-state index contributed by atoms with van der Waals surface area (Å²) >= 11 is 8.08. The molecule has 0 saturated carbocycles. The molecule has 1 saturated heterocycles. The highest BCUT2D eigenvalue weighted by Crippen LogP contribution is 2.22. The number of aliphatic imine (C=N–C) groups is 1. The summed E-state index contributed by atoms with van der Waals surface area (Å²) < 4.78 is 0. The smallest absolute Gasteiger partial charge is 0.191 e. The van der Waals surface area contributed by atoms with E-state index in [4.69, 9.17) is 11.6 Å². The van der Waals surface area contributed by atoms with Gasteiger partial charge < -0.3 is 15.7 Å². The van der Waals surface area contributed by atoms with Gasteiger partial charge in [0.15, 0.2) is 5.96 Å². The van der Waals surface area contributed by atoms with Crippen molar-refractivity contribution >= 4 is 29.3 Å². The van der Waals surface area contributed by atoms with Gasteiger partial charge in [0.05, 0.1) is 6.54 Å². The summed E-state index contributed by atoms with van der Waals surface area (Å²) in [6.45, 7) is 3.13. The molecule has 4 nitrogen and oxygen atoms in total. The lowest BCUT2D eigenvalue weighted by Crippen LogP contribution is -2.45. The van der Waals surface area contributed by atoms with Gasteiger partial charge in [0.1, 0.15) is 6.10 Å². The standard InChI is InChI=1S/C16H24ClN3OS/c1-2-18-16(20-12-6-5-9-22-11-12)19-10-15(21)13-7-3-4-8-14(13)17/h3-4,7-8,12,15,21H,2,5-6,9-11H2,1H3,(H2,18,19,20). The first-order valence-electron chi connectivity index (χ1n) is 7.75. The summed E-state index contributed by atoms with van der Waals surface area (Å²) in [7, 11) is 0. The Balaban J connectivity index is 1.95. The lowest BCUT2D eigenvalue weighted by molar-refractivity contribution is 0.187. The Morgan fingerprint density at radius 3 is 3.00 bits per heavy atom. The molecular weight excluding hydrogens is 318 g/mol. The third kappa shape index (κ3) is 5.38. The highest BCUT2D eigenvalue weighted by atomic mass is 35.5. The van der Waals surface area contributed by atoms with Crippen LogP contribution >= 0.6 is 23.4 Å². The van der Waals surface area contributed by atoms with Gasteiger partial charge in [0, 0.05) is 28.9 Å². The molecule has 0 bridgehead atoms. The van der Waals surface area contributed by atoms with Gasteiger partial charge in [-0.25, -0.2) is 0 Å². The predicted octanol–water partition coefficient (Wildman–Crippen LogP) is 2.82. The Kier molecular flexibility index (Phi) is 7.36. The maximum atomic E-state index is 10.3. The number of hydrogen-bond donors (Lipinski definition) is 3. The molecule has 2 rings (SSSR count). The van der Waals surface area contributed by atoms with Crippen molar-refractivity contribution < 1.29 is 5.11 Å². The fraction of sp³-hybridized carbons (Fsp3) is 0.562. The molecular formula is C16H24ClN3OS. The summed E-state index contributed by atoms with van der Waals surface area (Å²) in [5.74, 6) is 3.12. The van der Waals surface area contributed by atoms with Gasteiger partial charge in [-0.15, -0.1) is 0 Å². The number of guanidine groups is 1. The molecule has 1 aliphatic heterocycles. The monoisotopic (exact) mass is 341 g/mol. The van der Waals surface area contributed by atoms with Gasteiger partial charge in [-0.2, -0.15) is 11.8 Å². The van der Waals surface area contributed by atoms with Crippen molar-refractivity contribution in [3.8, 4) is 0 Å². The summed E-state index contributed by atoms with van der Waals surface area (Å²) in [6, 6.07) is 7.80. The SMILES string of the molecule is CCNC(=NCC(O)c1ccccc1Cl)NC1CCCSC1. The summed E-state index contributed by atoms with van der Waals surface area (Å²) in [6.07, 6.45) is 1.72. The van der Waals surface area contributed by atoms with E-state index in [9.17, 15) is 5.11 Å². The van der Waals surface area contributed by atoms with Gasteiger partial charge in [0.2, 0.25) is 0 Å². The molecule has 0 amide bonds. The average molecular weight is 342 g/mol. The molecule has 122 valence electrons. The molecule has 2 unspecified atom stereocenters. The van der Waals surface area contributed by atoms with E-state index < -0.39 is 6.10 Å². The molecule has 1 fully saturated rings. The lowest BCUT2D eigenvalue weighted by atomic mass is 10.1. The first-order chi connectivity index (χ1) is 10.7. The molecule has 6 heteroatoms. The van der Waals surface area contributed by atoms with E-state index in [2.05, 4.69) is 15.6 Å². The van der Waals surface area contributed by atoms with Gasteiger partial charge in [-0.1, -0.05) is 29.8 Å². The van der Waals surface area contributed by atoms with Crippen molar-refractivity contribution in [2.45, 2.75) is 31.9 Å². The second-order valence-corrected chi connectivity index (χ2v) is 6.87. The van der Waals surface area contributed by atoms with Crippen LogP contribution in [0.4, 0.5) is 0 Å². The van der Waals surface area contributed by atoms with Crippen molar-refractivity contribution in [1.29, 1.82) is 0 Å². The molecule has 0 aromatic heterocycles. The van der Waals surface area contributed by atoms with E-state index in [0.717, 1.165) is 23.8 Å². The Morgan fingerprint density at radius 1 is 1.50 bits per heavy atom. The maximum absolute atomic E-state index is 10.3. The van der Waals surface area contributed by atoms with Crippen LogP contribution in [0.5, 0.6) is 0 Å². The third-order valence-corrected chi connectivity index (χ3v) is 5.09. The van der Waals surface area contributed by atoms with E-state index in [1.807, 2.05) is 36.9 Å². The molecule has 0 aliphatic carbocycles. The van der Waals surface area contributed by atoms with Crippen LogP contribution in [-0.4, -0.2) is 41.7 Å². The molecule has 1 aromatic carbocycles. The summed E-state index contributed by atoms with van der Waals surface area (Å²) in [5, 5.41) is 17.5. The normalized spacial score (nSPS) is 20.5. The minimum atomic E-state index is -0.690. The Bertz CT molecular complexity index is 492. The van der Waals surface area contributed by atoms with Gasteiger partial charge in [-0.3, -0.25) is 4.99 Å². The average Bonchev–Trinajstić information content (AvgIpc) is 2.54. The van der Waals surface area contributed by atoms with Crippen molar-refractivity contribution in [3.05, 3.63) is 34.9 Å². The van der Waals surface area contributed by atoms with Crippen LogP contribution in [0.1, 0.15) is 31.4 Å². The number of aliphatic hydroxyl groups excluding tert-OH is 1.